The number of nitrogens with zero attached hydrogens (tertiary/aromatic N) is 4. The quantitative estimate of drug-likeness (QED) is 0.694. The van der Waals surface area contributed by atoms with E-state index in [1.54, 1.807) is 47.9 Å². The SMILES string of the molecule is COCc1c(C(=O)N2CCc3c(c(NC(=O)c4ccccc4)nn3C)C2)noc1C. The molecule has 0 fully saturated rings. The summed E-state index contributed by atoms with van der Waals surface area (Å²) in [5, 5.41) is 11.3. The van der Waals surface area contributed by atoms with E-state index in [0.29, 0.717) is 42.2 Å². The molecule has 0 radical (unpaired) electrons. The first-order chi connectivity index (χ1) is 14.5. The second-order valence-corrected chi connectivity index (χ2v) is 7.19. The number of methoxy groups -OCH3 is 1. The van der Waals surface area contributed by atoms with Crippen LogP contribution in [0.4, 0.5) is 5.82 Å². The second kappa shape index (κ2) is 8.11. The van der Waals surface area contributed by atoms with Gasteiger partial charge in [0.15, 0.2) is 11.5 Å². The van der Waals surface area contributed by atoms with Crippen LogP contribution in [0.3, 0.4) is 0 Å². The highest BCUT2D eigenvalue weighted by atomic mass is 16.5. The lowest BCUT2D eigenvalue weighted by molar-refractivity contribution is 0.0719. The zero-order valence-corrected chi connectivity index (χ0v) is 17.1. The van der Waals surface area contributed by atoms with E-state index in [9.17, 15) is 9.59 Å². The molecule has 2 aromatic heterocycles. The number of carbonyl (C=O) groups excluding carboxylic acids is 2. The lowest BCUT2D eigenvalue weighted by atomic mass is 10.1. The molecule has 0 unspecified atom stereocenters. The van der Waals surface area contributed by atoms with Crippen LogP contribution in [-0.4, -0.2) is 45.3 Å². The largest absolute Gasteiger partial charge is 0.380 e. The van der Waals surface area contributed by atoms with Gasteiger partial charge in [-0.15, -0.1) is 0 Å². The molecule has 156 valence electrons. The Labute approximate surface area is 173 Å². The fourth-order valence-electron chi connectivity index (χ4n) is 3.66. The number of hydrogen-bond acceptors (Lipinski definition) is 6. The Morgan fingerprint density at radius 3 is 2.77 bits per heavy atom. The molecular formula is C21H23N5O4. The first kappa shape index (κ1) is 19.8. The Kier molecular flexibility index (Phi) is 5.37. The fraction of sp³-hybridized carbons (Fsp3) is 0.333. The summed E-state index contributed by atoms with van der Waals surface area (Å²) in [6, 6.07) is 8.95. The molecule has 0 atom stereocenters. The topological polar surface area (TPSA) is 102 Å². The van der Waals surface area contributed by atoms with Crippen molar-refractivity contribution in [1.82, 2.24) is 19.8 Å². The van der Waals surface area contributed by atoms with Crippen LogP contribution in [0.5, 0.6) is 0 Å². The lowest BCUT2D eigenvalue weighted by Gasteiger charge is -2.27. The standard InChI is InChI=1S/C21H23N5O4/c1-13-16(12-29-3)18(24-30-13)21(28)26-10-9-17-15(11-26)19(23-25(17)2)22-20(27)14-7-5-4-6-8-14/h4-8H,9-12H2,1-3H3,(H,22,23,27). The molecule has 4 rings (SSSR count). The average molecular weight is 409 g/mol. The lowest BCUT2D eigenvalue weighted by Crippen LogP contribution is -2.37. The minimum absolute atomic E-state index is 0.228. The Hall–Kier alpha value is -3.46. The molecule has 1 aliphatic rings. The molecule has 3 heterocycles. The molecule has 1 aliphatic heterocycles. The van der Waals surface area contributed by atoms with Crippen LogP contribution in [0.15, 0.2) is 34.9 Å². The van der Waals surface area contributed by atoms with Crippen molar-refractivity contribution >= 4 is 17.6 Å². The number of anilines is 1. The maximum absolute atomic E-state index is 13.1. The Morgan fingerprint density at radius 2 is 2.03 bits per heavy atom. The molecule has 3 aromatic rings. The first-order valence-electron chi connectivity index (χ1n) is 9.64. The van der Waals surface area contributed by atoms with Crippen LogP contribution in [0.1, 0.15) is 43.4 Å². The number of nitrogens with one attached hydrogen (secondary N) is 1. The van der Waals surface area contributed by atoms with Gasteiger partial charge in [0.25, 0.3) is 11.8 Å². The van der Waals surface area contributed by atoms with Crippen LogP contribution in [-0.2, 0) is 31.4 Å². The van der Waals surface area contributed by atoms with Gasteiger partial charge >= 0.3 is 0 Å². The van der Waals surface area contributed by atoms with Gasteiger partial charge < -0.3 is 19.5 Å². The number of aryl methyl sites for hydroxylation is 2. The predicted molar refractivity (Wildman–Crippen MR) is 108 cm³/mol. The van der Waals surface area contributed by atoms with E-state index >= 15 is 0 Å². The minimum Gasteiger partial charge on any atom is -0.380 e. The van der Waals surface area contributed by atoms with Gasteiger partial charge in [-0.1, -0.05) is 23.4 Å². The zero-order valence-electron chi connectivity index (χ0n) is 17.1. The van der Waals surface area contributed by atoms with Crippen molar-refractivity contribution < 1.29 is 18.8 Å². The van der Waals surface area contributed by atoms with E-state index in [0.717, 1.165) is 11.3 Å². The highest BCUT2D eigenvalue weighted by molar-refractivity contribution is 6.04. The van der Waals surface area contributed by atoms with Crippen LogP contribution in [0.2, 0.25) is 0 Å². The van der Waals surface area contributed by atoms with Crippen molar-refractivity contribution in [3.05, 3.63) is 64.2 Å². The van der Waals surface area contributed by atoms with Gasteiger partial charge in [0, 0.05) is 43.9 Å². The maximum Gasteiger partial charge on any atom is 0.276 e. The van der Waals surface area contributed by atoms with Gasteiger partial charge in [0.1, 0.15) is 5.76 Å². The van der Waals surface area contributed by atoms with E-state index < -0.39 is 0 Å². The van der Waals surface area contributed by atoms with Gasteiger partial charge in [-0.05, 0) is 19.1 Å². The summed E-state index contributed by atoms with van der Waals surface area (Å²) in [6.45, 7) is 2.85. The summed E-state index contributed by atoms with van der Waals surface area (Å²) in [4.78, 5) is 27.4. The van der Waals surface area contributed by atoms with Crippen LogP contribution < -0.4 is 5.32 Å². The minimum atomic E-state index is -0.241. The smallest absolute Gasteiger partial charge is 0.276 e. The van der Waals surface area contributed by atoms with Gasteiger partial charge in [-0.25, -0.2) is 0 Å². The highest BCUT2D eigenvalue weighted by Gasteiger charge is 2.31. The Balaban J connectivity index is 1.58. The van der Waals surface area contributed by atoms with Crippen LogP contribution in [0, 0.1) is 6.92 Å². The van der Waals surface area contributed by atoms with Gasteiger partial charge in [-0.3, -0.25) is 14.3 Å². The van der Waals surface area contributed by atoms with Crippen molar-refractivity contribution in [2.45, 2.75) is 26.5 Å². The summed E-state index contributed by atoms with van der Waals surface area (Å²) >= 11 is 0. The molecule has 2 amide bonds. The monoisotopic (exact) mass is 409 g/mol. The van der Waals surface area contributed by atoms with Gasteiger partial charge in [0.05, 0.1) is 18.7 Å². The van der Waals surface area contributed by atoms with Crippen molar-refractivity contribution in [2.75, 3.05) is 19.0 Å². The molecule has 0 saturated heterocycles. The number of carbonyl (C=O) groups is 2. The summed E-state index contributed by atoms with van der Waals surface area (Å²) in [7, 11) is 3.40. The van der Waals surface area contributed by atoms with Crippen molar-refractivity contribution in [3.8, 4) is 0 Å². The third kappa shape index (κ3) is 3.59. The van der Waals surface area contributed by atoms with E-state index in [4.69, 9.17) is 9.26 Å². The predicted octanol–water partition coefficient (Wildman–Crippen LogP) is 2.31. The fourth-order valence-corrected chi connectivity index (χ4v) is 3.66. The molecule has 0 saturated carbocycles. The number of aromatic nitrogens is 3. The number of fused-ring (bicyclic) bond motifs is 1. The average Bonchev–Trinajstić information content (AvgIpc) is 3.28. The van der Waals surface area contributed by atoms with Gasteiger partial charge in [-0.2, -0.15) is 5.10 Å². The normalized spacial score (nSPS) is 13.2. The number of hydrogen-bond donors (Lipinski definition) is 1. The van der Waals surface area contributed by atoms with Crippen LogP contribution >= 0.6 is 0 Å². The summed E-state index contributed by atoms with van der Waals surface area (Å²) in [6.07, 6.45) is 0.627. The van der Waals surface area contributed by atoms with Crippen molar-refractivity contribution in [1.29, 1.82) is 0 Å². The summed E-state index contributed by atoms with van der Waals surface area (Å²) in [5.74, 6) is 0.561. The molecule has 30 heavy (non-hydrogen) atoms. The Morgan fingerprint density at radius 1 is 1.27 bits per heavy atom. The third-order valence-corrected chi connectivity index (χ3v) is 5.27. The summed E-state index contributed by atoms with van der Waals surface area (Å²) < 4.78 is 12.1. The molecule has 1 aromatic carbocycles. The number of amides is 2. The maximum atomic E-state index is 13.1. The van der Waals surface area contributed by atoms with E-state index in [-0.39, 0.29) is 24.1 Å². The Bertz CT molecular complexity index is 1090. The number of rotatable bonds is 5. The molecule has 0 bridgehead atoms. The molecular weight excluding hydrogens is 386 g/mol. The molecule has 1 N–H and O–H groups in total. The van der Waals surface area contributed by atoms with Crippen molar-refractivity contribution in [2.24, 2.45) is 7.05 Å². The summed E-state index contributed by atoms with van der Waals surface area (Å²) in [5.41, 5.74) is 3.28. The van der Waals surface area contributed by atoms with E-state index in [1.165, 1.54) is 0 Å². The molecule has 0 spiro atoms. The molecule has 0 aliphatic carbocycles. The highest BCUT2D eigenvalue weighted by Crippen LogP contribution is 2.28. The van der Waals surface area contributed by atoms with E-state index in [1.807, 2.05) is 13.1 Å². The van der Waals surface area contributed by atoms with Crippen molar-refractivity contribution in [3.63, 3.8) is 0 Å². The van der Waals surface area contributed by atoms with Gasteiger partial charge in [0.2, 0.25) is 0 Å². The second-order valence-electron chi connectivity index (χ2n) is 7.19. The zero-order chi connectivity index (χ0) is 21.3. The number of ether oxygens (including phenoxy) is 1. The molecule has 9 nitrogen and oxygen atoms in total. The number of benzene rings is 1. The first-order valence-corrected chi connectivity index (χ1v) is 9.64. The van der Waals surface area contributed by atoms with Crippen LogP contribution in [0.25, 0.3) is 0 Å². The van der Waals surface area contributed by atoms with E-state index in [2.05, 4.69) is 15.6 Å². The third-order valence-electron chi connectivity index (χ3n) is 5.27. The molecule has 9 heteroatoms.